The first-order valence-electron chi connectivity index (χ1n) is 11.5. The molecule has 0 saturated carbocycles. The van der Waals surface area contributed by atoms with Crippen LogP contribution in [0.5, 0.6) is 0 Å². The minimum Gasteiger partial charge on any atom is -0.361 e. The predicted octanol–water partition coefficient (Wildman–Crippen LogP) is 1.74. The van der Waals surface area contributed by atoms with Gasteiger partial charge in [-0.2, -0.15) is 5.10 Å². The molecule has 2 unspecified atom stereocenters. The SMILES string of the molecule is CCN(CC)CCCNC(=S)N/N=C1\C2CN3CCN(C2)CC1(c1ccccc1)C3. The van der Waals surface area contributed by atoms with E-state index < -0.39 is 0 Å². The Morgan fingerprint density at radius 1 is 1.13 bits per heavy atom. The second-order valence-corrected chi connectivity index (χ2v) is 9.27. The number of hydrogen-bond acceptors (Lipinski definition) is 5. The Morgan fingerprint density at radius 3 is 2.43 bits per heavy atom. The van der Waals surface area contributed by atoms with Gasteiger partial charge in [-0.25, -0.2) is 0 Å². The maximum absolute atomic E-state index is 5.54. The van der Waals surface area contributed by atoms with Crippen molar-refractivity contribution in [1.82, 2.24) is 25.4 Å². The van der Waals surface area contributed by atoms with E-state index in [1.54, 1.807) is 0 Å². The Balaban J connectivity index is 1.44. The third-order valence-corrected chi connectivity index (χ3v) is 7.22. The van der Waals surface area contributed by atoms with Crippen molar-refractivity contribution in [2.24, 2.45) is 11.0 Å². The van der Waals surface area contributed by atoms with E-state index in [0.717, 1.165) is 71.9 Å². The van der Waals surface area contributed by atoms with Gasteiger partial charge in [0.2, 0.25) is 0 Å². The molecule has 0 radical (unpaired) electrons. The van der Waals surface area contributed by atoms with Crippen molar-refractivity contribution in [2.45, 2.75) is 25.7 Å². The van der Waals surface area contributed by atoms with Gasteiger partial charge >= 0.3 is 0 Å². The maximum Gasteiger partial charge on any atom is 0.186 e. The van der Waals surface area contributed by atoms with E-state index in [4.69, 9.17) is 17.3 Å². The fourth-order valence-electron chi connectivity index (χ4n) is 5.45. The second-order valence-electron chi connectivity index (χ2n) is 8.86. The fourth-order valence-corrected chi connectivity index (χ4v) is 5.60. The molecule has 4 bridgehead atoms. The van der Waals surface area contributed by atoms with Crippen molar-refractivity contribution in [3.63, 3.8) is 0 Å². The molecule has 1 aromatic carbocycles. The van der Waals surface area contributed by atoms with Crippen molar-refractivity contribution in [3.8, 4) is 0 Å². The highest BCUT2D eigenvalue weighted by molar-refractivity contribution is 7.80. The van der Waals surface area contributed by atoms with Crippen LogP contribution in [0.25, 0.3) is 0 Å². The third-order valence-electron chi connectivity index (χ3n) is 6.99. The van der Waals surface area contributed by atoms with Crippen LogP contribution < -0.4 is 10.7 Å². The third kappa shape index (κ3) is 4.54. The average molecular weight is 429 g/mol. The highest BCUT2D eigenvalue weighted by Crippen LogP contribution is 2.40. The molecule has 0 aliphatic carbocycles. The first-order valence-corrected chi connectivity index (χ1v) is 11.9. The van der Waals surface area contributed by atoms with Crippen LogP contribution in [-0.4, -0.2) is 91.0 Å². The zero-order chi connectivity index (χ0) is 21.0. The van der Waals surface area contributed by atoms with Crippen molar-refractivity contribution >= 4 is 23.0 Å². The van der Waals surface area contributed by atoms with Crippen LogP contribution in [0, 0.1) is 5.92 Å². The molecule has 4 fully saturated rings. The Bertz CT molecular complexity index is 731. The molecule has 5 rings (SSSR count). The molecule has 0 spiro atoms. The summed E-state index contributed by atoms with van der Waals surface area (Å²) in [7, 11) is 0. The fraction of sp³-hybridized carbons (Fsp3) is 0.652. The molecule has 2 N–H and O–H groups in total. The van der Waals surface area contributed by atoms with Crippen LogP contribution in [0.4, 0.5) is 0 Å². The van der Waals surface area contributed by atoms with Crippen molar-refractivity contribution < 1.29 is 0 Å². The number of nitrogens with one attached hydrogen (secondary N) is 2. The molecule has 4 heterocycles. The lowest BCUT2D eigenvalue weighted by Gasteiger charge is -2.50. The normalized spacial score (nSPS) is 31.2. The largest absolute Gasteiger partial charge is 0.361 e. The molecule has 7 heteroatoms. The van der Waals surface area contributed by atoms with Gasteiger partial charge in [0.15, 0.2) is 5.11 Å². The minimum atomic E-state index is -0.0374. The van der Waals surface area contributed by atoms with Crippen LogP contribution in [-0.2, 0) is 5.41 Å². The Kier molecular flexibility index (Phi) is 7.03. The van der Waals surface area contributed by atoms with Gasteiger partial charge in [-0.05, 0) is 43.8 Å². The van der Waals surface area contributed by atoms with Gasteiger partial charge in [0.1, 0.15) is 0 Å². The first kappa shape index (κ1) is 21.7. The van der Waals surface area contributed by atoms with E-state index in [1.165, 1.54) is 11.3 Å². The smallest absolute Gasteiger partial charge is 0.186 e. The summed E-state index contributed by atoms with van der Waals surface area (Å²) in [5.41, 5.74) is 5.83. The first-order chi connectivity index (χ1) is 14.6. The molecule has 4 saturated heterocycles. The lowest BCUT2D eigenvalue weighted by molar-refractivity contribution is 0.163. The summed E-state index contributed by atoms with van der Waals surface area (Å²) in [4.78, 5) is 7.70. The summed E-state index contributed by atoms with van der Waals surface area (Å²) >= 11 is 5.54. The Labute approximate surface area is 186 Å². The molecule has 2 atom stereocenters. The zero-order valence-electron chi connectivity index (χ0n) is 18.4. The summed E-state index contributed by atoms with van der Waals surface area (Å²) in [6, 6.07) is 11.0. The van der Waals surface area contributed by atoms with Crippen molar-refractivity contribution in [3.05, 3.63) is 35.9 Å². The topological polar surface area (TPSA) is 46.1 Å². The maximum atomic E-state index is 5.54. The van der Waals surface area contributed by atoms with E-state index >= 15 is 0 Å². The standard InChI is InChI=1S/C23H36N6S/c1-3-27(4-2)12-8-11-24-22(30)26-25-21-19-15-28-13-14-29(16-19)18-23(21,17-28)20-9-6-5-7-10-20/h5-7,9-10,19H,3-4,8,11-18H2,1-2H3,(H2,24,26,30)/b25-21+. The molecule has 0 amide bonds. The summed E-state index contributed by atoms with van der Waals surface area (Å²) in [6.07, 6.45) is 1.08. The summed E-state index contributed by atoms with van der Waals surface area (Å²) in [5, 5.41) is 8.93. The molecule has 0 aromatic heterocycles. The van der Waals surface area contributed by atoms with Crippen LogP contribution in [0.1, 0.15) is 25.8 Å². The Hall–Kier alpha value is -1.54. The lowest BCUT2D eigenvalue weighted by atomic mass is 9.66. The van der Waals surface area contributed by atoms with Gasteiger partial charge in [-0.1, -0.05) is 44.2 Å². The number of hydrazone groups is 1. The number of piperidine rings is 2. The van der Waals surface area contributed by atoms with Gasteiger partial charge < -0.3 is 20.0 Å². The lowest BCUT2D eigenvalue weighted by Crippen LogP contribution is -2.64. The van der Waals surface area contributed by atoms with Gasteiger partial charge in [-0.15, -0.1) is 0 Å². The van der Waals surface area contributed by atoms with E-state index in [9.17, 15) is 0 Å². The van der Waals surface area contributed by atoms with Gasteiger partial charge in [0.05, 0.1) is 11.1 Å². The summed E-state index contributed by atoms with van der Waals surface area (Å²) in [6.45, 7) is 15.2. The zero-order valence-corrected chi connectivity index (χ0v) is 19.3. The summed E-state index contributed by atoms with van der Waals surface area (Å²) < 4.78 is 0. The molecule has 4 aliphatic rings. The molecular weight excluding hydrogens is 392 g/mol. The van der Waals surface area contributed by atoms with Gasteiger partial charge in [0, 0.05) is 51.7 Å². The molecule has 4 aliphatic heterocycles. The van der Waals surface area contributed by atoms with Crippen molar-refractivity contribution in [2.75, 3.05) is 65.4 Å². The minimum absolute atomic E-state index is 0.0374. The number of fused-ring (bicyclic) bond motifs is 1. The van der Waals surface area contributed by atoms with Gasteiger partial charge in [-0.3, -0.25) is 5.43 Å². The molecule has 164 valence electrons. The van der Waals surface area contributed by atoms with E-state index in [-0.39, 0.29) is 5.41 Å². The predicted molar refractivity (Wildman–Crippen MR) is 128 cm³/mol. The molecular formula is C23H36N6S. The monoisotopic (exact) mass is 428 g/mol. The highest BCUT2D eigenvalue weighted by atomic mass is 32.1. The number of rotatable bonds is 8. The summed E-state index contributed by atoms with van der Waals surface area (Å²) in [5.74, 6) is 0.466. The van der Waals surface area contributed by atoms with Crippen LogP contribution in [0.3, 0.4) is 0 Å². The molecule has 30 heavy (non-hydrogen) atoms. The number of nitrogens with zero attached hydrogens (tertiary/aromatic N) is 4. The van der Waals surface area contributed by atoms with E-state index in [1.807, 2.05) is 0 Å². The van der Waals surface area contributed by atoms with Crippen molar-refractivity contribution in [1.29, 1.82) is 0 Å². The average Bonchev–Trinajstić information content (AvgIpc) is 3.02. The number of benzene rings is 1. The quantitative estimate of drug-likeness (QED) is 0.374. The highest BCUT2D eigenvalue weighted by Gasteiger charge is 2.53. The van der Waals surface area contributed by atoms with Crippen LogP contribution in [0.15, 0.2) is 35.4 Å². The number of thiocarbonyl (C=S) groups is 1. The van der Waals surface area contributed by atoms with Crippen LogP contribution in [0.2, 0.25) is 0 Å². The van der Waals surface area contributed by atoms with E-state index in [2.05, 4.69) is 69.6 Å². The van der Waals surface area contributed by atoms with E-state index in [0.29, 0.717) is 11.0 Å². The molecule has 6 nitrogen and oxygen atoms in total. The Morgan fingerprint density at radius 2 is 1.80 bits per heavy atom. The van der Waals surface area contributed by atoms with Gasteiger partial charge in [0.25, 0.3) is 0 Å². The van der Waals surface area contributed by atoms with Crippen LogP contribution >= 0.6 is 12.2 Å². The second kappa shape index (κ2) is 9.73. The number of hydrogen-bond donors (Lipinski definition) is 2. The molecule has 1 aromatic rings.